The van der Waals surface area contributed by atoms with Crippen LogP contribution in [-0.4, -0.2) is 9.97 Å². The summed E-state index contributed by atoms with van der Waals surface area (Å²) in [6.45, 7) is 2.27. The quantitative estimate of drug-likeness (QED) is 0.177. The number of hydrogen-bond donors (Lipinski definition) is 0. The molecule has 2 aliphatic carbocycles. The molecule has 1 atom stereocenters. The highest BCUT2D eigenvalue weighted by Gasteiger charge is 2.51. The molecule has 57 heavy (non-hydrogen) atoms. The van der Waals surface area contributed by atoms with Gasteiger partial charge in [0, 0.05) is 27.7 Å². The fourth-order valence-electron chi connectivity index (χ4n) is 9.37. The minimum atomic E-state index is -0.514. The molecule has 1 aromatic heterocycles. The Hall–Kier alpha value is -7.10. The second kappa shape index (κ2) is 13.0. The van der Waals surface area contributed by atoms with Crippen molar-refractivity contribution in [2.75, 3.05) is 0 Å². The molecule has 1 unspecified atom stereocenters. The molecule has 8 aromatic rings. The van der Waals surface area contributed by atoms with Crippen LogP contribution in [0.4, 0.5) is 0 Å². The molecule has 11 rings (SSSR count). The van der Waals surface area contributed by atoms with Crippen molar-refractivity contribution in [1.82, 2.24) is 9.97 Å². The van der Waals surface area contributed by atoms with Gasteiger partial charge in [0.15, 0.2) is 0 Å². The molecule has 0 saturated carbocycles. The average Bonchev–Trinajstić information content (AvgIpc) is 3.57. The van der Waals surface area contributed by atoms with E-state index in [9.17, 15) is 0 Å². The topological polar surface area (TPSA) is 35.0 Å². The van der Waals surface area contributed by atoms with Crippen LogP contribution in [0.5, 0.6) is 11.5 Å². The summed E-state index contributed by atoms with van der Waals surface area (Å²) < 4.78 is 6.74. The van der Waals surface area contributed by atoms with Crippen LogP contribution >= 0.6 is 0 Å². The Bertz CT molecular complexity index is 2860. The smallest absolute Gasteiger partial charge is 0.139 e. The summed E-state index contributed by atoms with van der Waals surface area (Å²) >= 11 is 0. The van der Waals surface area contributed by atoms with E-state index in [1.807, 2.05) is 6.07 Å². The van der Waals surface area contributed by atoms with Crippen LogP contribution in [0.1, 0.15) is 47.0 Å². The third-order valence-corrected chi connectivity index (χ3v) is 12.1. The molecule has 3 nitrogen and oxygen atoms in total. The van der Waals surface area contributed by atoms with Gasteiger partial charge in [0.1, 0.15) is 17.3 Å². The number of benzene rings is 7. The van der Waals surface area contributed by atoms with Gasteiger partial charge in [-0.25, -0.2) is 9.97 Å². The second-order valence-corrected chi connectivity index (χ2v) is 15.6. The molecule has 0 amide bonds. The van der Waals surface area contributed by atoms with Crippen LogP contribution in [-0.2, 0) is 10.8 Å². The number of para-hydroxylation sites is 1. The van der Waals surface area contributed by atoms with Crippen molar-refractivity contribution in [1.29, 1.82) is 0 Å². The zero-order valence-electron chi connectivity index (χ0n) is 31.6. The number of nitrogens with zero attached hydrogens (tertiary/aromatic N) is 2. The third-order valence-electron chi connectivity index (χ3n) is 12.1. The fraction of sp³-hybridized carbons (Fsp3) is 0.0741. The van der Waals surface area contributed by atoms with Crippen LogP contribution in [0, 0.1) is 0 Å². The maximum Gasteiger partial charge on any atom is 0.139 e. The lowest BCUT2D eigenvalue weighted by Gasteiger charge is -2.40. The van der Waals surface area contributed by atoms with Crippen molar-refractivity contribution in [2.24, 2.45) is 0 Å². The largest absolute Gasteiger partial charge is 0.457 e. The summed E-state index contributed by atoms with van der Waals surface area (Å²) in [6, 6.07) is 64.9. The Morgan fingerprint density at radius 3 is 1.65 bits per heavy atom. The SMILES string of the molecule is CC1(c2nc(-c3ccccc3)cc(-c3ccc(-c4ccccc4)cc3)n2)C=CC=C(c2ccc3c(c2)C2(c4ccccc4O3)c3ccccc3-c3ccccc32)C1. The molecule has 1 aliphatic heterocycles. The van der Waals surface area contributed by atoms with E-state index in [2.05, 4.69) is 201 Å². The van der Waals surface area contributed by atoms with E-state index in [1.165, 1.54) is 50.1 Å². The lowest BCUT2D eigenvalue weighted by atomic mass is 9.65. The van der Waals surface area contributed by atoms with Gasteiger partial charge in [0.2, 0.25) is 0 Å². The normalized spacial score (nSPS) is 16.8. The van der Waals surface area contributed by atoms with Gasteiger partial charge in [-0.2, -0.15) is 0 Å². The van der Waals surface area contributed by atoms with Gasteiger partial charge in [-0.05, 0) is 82.1 Å². The molecule has 7 aromatic carbocycles. The predicted molar refractivity (Wildman–Crippen MR) is 231 cm³/mol. The van der Waals surface area contributed by atoms with E-state index < -0.39 is 10.8 Å². The predicted octanol–water partition coefficient (Wildman–Crippen LogP) is 13.2. The van der Waals surface area contributed by atoms with E-state index in [0.717, 1.165) is 51.8 Å². The highest BCUT2D eigenvalue weighted by Crippen LogP contribution is 2.62. The van der Waals surface area contributed by atoms with E-state index in [0.29, 0.717) is 0 Å². The Labute approximate surface area is 333 Å². The highest BCUT2D eigenvalue weighted by atomic mass is 16.5. The zero-order valence-corrected chi connectivity index (χ0v) is 31.6. The first kappa shape index (κ1) is 33.3. The van der Waals surface area contributed by atoms with Crippen molar-refractivity contribution in [2.45, 2.75) is 24.2 Å². The summed E-state index contributed by atoms with van der Waals surface area (Å²) in [4.78, 5) is 10.7. The van der Waals surface area contributed by atoms with Gasteiger partial charge in [-0.3, -0.25) is 0 Å². The van der Waals surface area contributed by atoms with Crippen molar-refractivity contribution in [3.63, 3.8) is 0 Å². The van der Waals surface area contributed by atoms with Gasteiger partial charge in [-0.15, -0.1) is 0 Å². The molecular formula is C54H38N2O. The van der Waals surface area contributed by atoms with Gasteiger partial charge in [0.05, 0.1) is 16.8 Å². The summed E-state index contributed by atoms with van der Waals surface area (Å²) in [6.07, 6.45) is 7.46. The molecule has 0 radical (unpaired) electrons. The van der Waals surface area contributed by atoms with E-state index in [4.69, 9.17) is 14.7 Å². The number of hydrogen-bond acceptors (Lipinski definition) is 3. The second-order valence-electron chi connectivity index (χ2n) is 15.6. The van der Waals surface area contributed by atoms with Crippen molar-refractivity contribution in [3.05, 3.63) is 234 Å². The Morgan fingerprint density at radius 1 is 0.456 bits per heavy atom. The molecule has 3 aliphatic rings. The number of fused-ring (bicyclic) bond motifs is 9. The Balaban J connectivity index is 1.02. The monoisotopic (exact) mass is 730 g/mol. The lowest BCUT2D eigenvalue weighted by Crippen LogP contribution is -2.32. The molecule has 0 fully saturated rings. The summed E-state index contributed by atoms with van der Waals surface area (Å²) in [7, 11) is 0. The average molecular weight is 731 g/mol. The van der Waals surface area contributed by atoms with Crippen LogP contribution in [0.3, 0.4) is 0 Å². The maximum atomic E-state index is 6.74. The fourth-order valence-corrected chi connectivity index (χ4v) is 9.37. The molecular weight excluding hydrogens is 693 g/mol. The highest BCUT2D eigenvalue weighted by molar-refractivity contribution is 5.89. The first-order valence-corrected chi connectivity index (χ1v) is 19.7. The molecule has 0 N–H and O–H groups in total. The number of ether oxygens (including phenoxy) is 1. The molecule has 270 valence electrons. The van der Waals surface area contributed by atoms with Gasteiger partial charge in [-0.1, -0.05) is 176 Å². The number of aromatic nitrogens is 2. The zero-order chi connectivity index (χ0) is 38.0. The summed E-state index contributed by atoms with van der Waals surface area (Å²) in [5.41, 5.74) is 15.2. The van der Waals surface area contributed by atoms with E-state index >= 15 is 0 Å². The number of rotatable bonds is 5. The first-order valence-electron chi connectivity index (χ1n) is 19.7. The summed E-state index contributed by atoms with van der Waals surface area (Å²) in [5.74, 6) is 2.59. The van der Waals surface area contributed by atoms with Gasteiger partial charge < -0.3 is 4.74 Å². The van der Waals surface area contributed by atoms with Crippen LogP contribution < -0.4 is 4.74 Å². The Morgan fingerprint density at radius 2 is 0.965 bits per heavy atom. The standard InChI is InChI=1S/C54H38N2O/c1-53(52-55-48(38-17-6-3-7-18-38)34-49(56-52)39-28-26-37(27-29-39)36-15-4-2-5-16-36)32-14-19-41(35-53)40-30-31-51-47(33-40)54(46-24-12-13-25-50(46)57-51)44-22-10-8-20-42(44)43-21-9-11-23-45(43)54/h2-34H,35H2,1H3. The minimum Gasteiger partial charge on any atom is -0.457 e. The van der Waals surface area contributed by atoms with Crippen molar-refractivity contribution in [3.8, 4) is 56.3 Å². The molecule has 0 saturated heterocycles. The van der Waals surface area contributed by atoms with E-state index in [1.54, 1.807) is 0 Å². The van der Waals surface area contributed by atoms with Gasteiger partial charge in [0.25, 0.3) is 0 Å². The minimum absolute atomic E-state index is 0.461. The molecule has 0 bridgehead atoms. The van der Waals surface area contributed by atoms with Crippen LogP contribution in [0.2, 0.25) is 0 Å². The lowest BCUT2D eigenvalue weighted by molar-refractivity contribution is 0.436. The molecule has 2 heterocycles. The van der Waals surface area contributed by atoms with Crippen molar-refractivity contribution < 1.29 is 4.74 Å². The number of allylic oxidation sites excluding steroid dienone is 4. The van der Waals surface area contributed by atoms with Gasteiger partial charge >= 0.3 is 0 Å². The van der Waals surface area contributed by atoms with Crippen molar-refractivity contribution >= 4 is 5.57 Å². The molecule has 3 heteroatoms. The molecule has 1 spiro atoms. The maximum absolute atomic E-state index is 6.74. The van der Waals surface area contributed by atoms with E-state index in [-0.39, 0.29) is 0 Å². The first-order chi connectivity index (χ1) is 28.1. The van der Waals surface area contributed by atoms with Crippen LogP contribution in [0.15, 0.2) is 200 Å². The van der Waals surface area contributed by atoms with Crippen LogP contribution in [0.25, 0.3) is 50.3 Å². The summed E-state index contributed by atoms with van der Waals surface area (Å²) in [5, 5.41) is 0. The Kier molecular flexibility index (Phi) is 7.58. The third kappa shape index (κ3) is 5.27.